The zero-order valence-electron chi connectivity index (χ0n) is 9.55. The van der Waals surface area contributed by atoms with Crippen LogP contribution in [-0.2, 0) is 4.79 Å². The number of rotatable bonds is 3. The Hall–Kier alpha value is -0.570. The van der Waals surface area contributed by atoms with Crippen LogP contribution in [0.1, 0.15) is 33.6 Å². The third-order valence-electron chi connectivity index (χ3n) is 3.05. The summed E-state index contributed by atoms with van der Waals surface area (Å²) in [4.78, 5) is 13.3. The zero-order chi connectivity index (χ0) is 10.6. The van der Waals surface area contributed by atoms with E-state index in [1.165, 1.54) is 12.8 Å². The highest BCUT2D eigenvalue weighted by molar-refractivity contribution is 5.73. The van der Waals surface area contributed by atoms with Crippen molar-refractivity contribution in [3.05, 3.63) is 0 Å². The van der Waals surface area contributed by atoms with Crippen molar-refractivity contribution in [2.75, 3.05) is 19.6 Å². The van der Waals surface area contributed by atoms with Crippen molar-refractivity contribution >= 4 is 5.91 Å². The number of nitrogens with one attached hydrogen (secondary N) is 1. The van der Waals surface area contributed by atoms with Crippen molar-refractivity contribution < 1.29 is 4.79 Å². The molecule has 1 fully saturated rings. The molecule has 1 amide bonds. The smallest absolute Gasteiger partial charge is 0.219 e. The molecule has 0 aliphatic carbocycles. The van der Waals surface area contributed by atoms with Crippen LogP contribution in [0.2, 0.25) is 0 Å². The fraction of sp³-hybridized carbons (Fsp3) is 0.909. The third-order valence-corrected chi connectivity index (χ3v) is 3.05. The van der Waals surface area contributed by atoms with Crippen molar-refractivity contribution in [1.29, 1.82) is 0 Å². The van der Waals surface area contributed by atoms with E-state index >= 15 is 0 Å². The van der Waals surface area contributed by atoms with Crippen molar-refractivity contribution in [1.82, 2.24) is 10.2 Å². The average molecular weight is 198 g/mol. The Balaban J connectivity index is 2.52. The second kappa shape index (κ2) is 5.35. The molecule has 0 saturated carbocycles. The number of hydrogen-bond acceptors (Lipinski definition) is 2. The van der Waals surface area contributed by atoms with Crippen LogP contribution < -0.4 is 5.32 Å². The van der Waals surface area contributed by atoms with E-state index in [9.17, 15) is 4.79 Å². The maximum absolute atomic E-state index is 11.3. The average Bonchev–Trinajstić information content (AvgIpc) is 2.17. The number of likely N-dealkylation sites (tertiary alicyclic amines) is 1. The quantitative estimate of drug-likeness (QED) is 0.740. The number of piperidine rings is 1. The number of amides is 1. The monoisotopic (exact) mass is 198 g/mol. The molecular formula is C11H22N2O. The van der Waals surface area contributed by atoms with E-state index in [1.807, 2.05) is 4.90 Å². The Morgan fingerprint density at radius 1 is 1.43 bits per heavy atom. The molecule has 0 spiro atoms. The topological polar surface area (TPSA) is 32.3 Å². The Morgan fingerprint density at radius 3 is 2.64 bits per heavy atom. The second-order valence-electron chi connectivity index (χ2n) is 4.19. The second-order valence-corrected chi connectivity index (χ2v) is 4.19. The standard InChI is InChI=1S/C11H22N2O/c1-4-10-6-11(12-5-2)8-13(7-10)9(3)14/h10-12H,4-8H2,1-3H3. The van der Waals surface area contributed by atoms with E-state index in [1.54, 1.807) is 6.92 Å². The maximum atomic E-state index is 11.3. The first-order valence-electron chi connectivity index (χ1n) is 5.66. The molecule has 82 valence electrons. The van der Waals surface area contributed by atoms with Crippen molar-refractivity contribution in [2.45, 2.75) is 39.7 Å². The van der Waals surface area contributed by atoms with Gasteiger partial charge in [0.15, 0.2) is 0 Å². The molecule has 0 bridgehead atoms. The summed E-state index contributed by atoms with van der Waals surface area (Å²) in [6, 6.07) is 0.502. The van der Waals surface area contributed by atoms with Crippen LogP contribution in [0.5, 0.6) is 0 Å². The molecule has 1 rings (SSSR count). The molecule has 1 aliphatic rings. The highest BCUT2D eigenvalue weighted by Crippen LogP contribution is 2.19. The van der Waals surface area contributed by atoms with Crippen LogP contribution >= 0.6 is 0 Å². The van der Waals surface area contributed by atoms with Gasteiger partial charge in [0.05, 0.1) is 0 Å². The van der Waals surface area contributed by atoms with E-state index in [0.29, 0.717) is 12.0 Å². The largest absolute Gasteiger partial charge is 0.341 e. The van der Waals surface area contributed by atoms with Crippen LogP contribution in [0.25, 0.3) is 0 Å². The molecule has 0 aromatic rings. The van der Waals surface area contributed by atoms with Gasteiger partial charge in [-0.3, -0.25) is 4.79 Å². The lowest BCUT2D eigenvalue weighted by Gasteiger charge is -2.37. The highest BCUT2D eigenvalue weighted by Gasteiger charge is 2.26. The van der Waals surface area contributed by atoms with Crippen molar-refractivity contribution in [3.63, 3.8) is 0 Å². The van der Waals surface area contributed by atoms with E-state index in [2.05, 4.69) is 19.2 Å². The van der Waals surface area contributed by atoms with Crippen LogP contribution in [0, 0.1) is 5.92 Å². The number of carbonyl (C=O) groups is 1. The number of hydrogen-bond donors (Lipinski definition) is 1. The van der Waals surface area contributed by atoms with Gasteiger partial charge in [0, 0.05) is 26.1 Å². The first kappa shape index (κ1) is 11.5. The van der Waals surface area contributed by atoms with E-state index < -0.39 is 0 Å². The summed E-state index contributed by atoms with van der Waals surface area (Å²) in [5.74, 6) is 0.891. The molecule has 3 nitrogen and oxygen atoms in total. The van der Waals surface area contributed by atoms with Crippen LogP contribution in [0.4, 0.5) is 0 Å². The summed E-state index contributed by atoms with van der Waals surface area (Å²) in [7, 11) is 0. The van der Waals surface area contributed by atoms with Gasteiger partial charge in [-0.25, -0.2) is 0 Å². The van der Waals surface area contributed by atoms with Gasteiger partial charge in [0.1, 0.15) is 0 Å². The fourth-order valence-electron chi connectivity index (χ4n) is 2.19. The SMILES string of the molecule is CCNC1CC(CC)CN(C(C)=O)C1. The first-order chi connectivity index (χ1) is 6.67. The number of carbonyl (C=O) groups excluding carboxylic acids is 1. The Labute approximate surface area is 86.9 Å². The summed E-state index contributed by atoms with van der Waals surface area (Å²) in [6.45, 7) is 8.83. The lowest BCUT2D eigenvalue weighted by Crippen LogP contribution is -2.50. The summed E-state index contributed by atoms with van der Waals surface area (Å²) >= 11 is 0. The lowest BCUT2D eigenvalue weighted by molar-refractivity contribution is -0.131. The fourth-order valence-corrected chi connectivity index (χ4v) is 2.19. The van der Waals surface area contributed by atoms with Gasteiger partial charge in [-0.05, 0) is 18.9 Å². The summed E-state index contributed by atoms with van der Waals surface area (Å²) < 4.78 is 0. The predicted molar refractivity (Wildman–Crippen MR) is 58.1 cm³/mol. The molecule has 1 heterocycles. The molecule has 1 aliphatic heterocycles. The van der Waals surface area contributed by atoms with Crippen LogP contribution in [0.15, 0.2) is 0 Å². The molecule has 1 saturated heterocycles. The predicted octanol–water partition coefficient (Wildman–Crippen LogP) is 1.24. The normalized spacial score (nSPS) is 27.8. The lowest BCUT2D eigenvalue weighted by atomic mass is 9.92. The first-order valence-corrected chi connectivity index (χ1v) is 5.66. The third kappa shape index (κ3) is 2.98. The van der Waals surface area contributed by atoms with Gasteiger partial charge < -0.3 is 10.2 Å². The van der Waals surface area contributed by atoms with Crippen molar-refractivity contribution in [3.8, 4) is 0 Å². The molecule has 0 aromatic heterocycles. The van der Waals surface area contributed by atoms with Crippen LogP contribution in [0.3, 0.4) is 0 Å². The van der Waals surface area contributed by atoms with Gasteiger partial charge in [0.25, 0.3) is 0 Å². The van der Waals surface area contributed by atoms with Crippen LogP contribution in [-0.4, -0.2) is 36.5 Å². The molecule has 2 atom stereocenters. The molecule has 14 heavy (non-hydrogen) atoms. The minimum atomic E-state index is 0.214. The molecular weight excluding hydrogens is 176 g/mol. The Kier molecular flexibility index (Phi) is 4.39. The van der Waals surface area contributed by atoms with E-state index in [4.69, 9.17) is 0 Å². The van der Waals surface area contributed by atoms with E-state index in [0.717, 1.165) is 19.6 Å². The van der Waals surface area contributed by atoms with Gasteiger partial charge in [0.2, 0.25) is 5.91 Å². The maximum Gasteiger partial charge on any atom is 0.219 e. The molecule has 0 aromatic carbocycles. The summed E-state index contributed by atoms with van der Waals surface area (Å²) in [5, 5.41) is 3.44. The summed E-state index contributed by atoms with van der Waals surface area (Å²) in [5.41, 5.74) is 0. The number of likely N-dealkylation sites (N-methyl/N-ethyl adjacent to an activating group) is 1. The highest BCUT2D eigenvalue weighted by atomic mass is 16.2. The van der Waals surface area contributed by atoms with Gasteiger partial charge in [-0.15, -0.1) is 0 Å². The van der Waals surface area contributed by atoms with Crippen molar-refractivity contribution in [2.24, 2.45) is 5.92 Å². The van der Waals surface area contributed by atoms with E-state index in [-0.39, 0.29) is 5.91 Å². The molecule has 1 N–H and O–H groups in total. The summed E-state index contributed by atoms with van der Waals surface area (Å²) in [6.07, 6.45) is 2.39. The minimum absolute atomic E-state index is 0.214. The Morgan fingerprint density at radius 2 is 2.14 bits per heavy atom. The molecule has 2 unspecified atom stereocenters. The zero-order valence-corrected chi connectivity index (χ0v) is 9.55. The number of nitrogens with zero attached hydrogens (tertiary/aromatic N) is 1. The van der Waals surface area contributed by atoms with Gasteiger partial charge in [-0.1, -0.05) is 20.3 Å². The molecule has 3 heteroatoms. The van der Waals surface area contributed by atoms with Gasteiger partial charge in [-0.2, -0.15) is 0 Å². The minimum Gasteiger partial charge on any atom is -0.341 e. The molecule has 0 radical (unpaired) electrons. The Bertz CT molecular complexity index is 194. The van der Waals surface area contributed by atoms with Gasteiger partial charge >= 0.3 is 0 Å².